The van der Waals surface area contributed by atoms with Crippen LogP contribution in [-0.4, -0.2) is 39.5 Å². The molecule has 1 aliphatic rings. The minimum Gasteiger partial charge on any atom is -0.394 e. The summed E-state index contributed by atoms with van der Waals surface area (Å²) in [7, 11) is 0. The Labute approximate surface area is 178 Å². The van der Waals surface area contributed by atoms with Crippen molar-refractivity contribution < 1.29 is 14.7 Å². The van der Waals surface area contributed by atoms with Crippen molar-refractivity contribution in [1.29, 1.82) is 0 Å². The predicted molar refractivity (Wildman–Crippen MR) is 117 cm³/mol. The second kappa shape index (κ2) is 7.70. The number of aliphatic hydroxyl groups is 1. The molecule has 0 fully saturated rings. The Morgan fingerprint density at radius 1 is 0.935 bits per heavy atom. The van der Waals surface area contributed by atoms with E-state index in [1.54, 1.807) is 0 Å². The fourth-order valence-corrected chi connectivity index (χ4v) is 4.10. The molecule has 7 heteroatoms. The number of rotatable bonds is 5. The summed E-state index contributed by atoms with van der Waals surface area (Å²) in [4.78, 5) is 33.2. The number of benzene rings is 3. The zero-order valence-corrected chi connectivity index (χ0v) is 16.5. The Balaban J connectivity index is 1.37. The van der Waals surface area contributed by atoms with Gasteiger partial charge in [0.15, 0.2) is 0 Å². The molecule has 3 aromatic carbocycles. The van der Waals surface area contributed by atoms with Gasteiger partial charge in [0, 0.05) is 0 Å². The van der Waals surface area contributed by atoms with Crippen molar-refractivity contribution in [3.05, 3.63) is 83.9 Å². The molecule has 4 aromatic rings. The third-order valence-electron chi connectivity index (χ3n) is 5.54. The number of nitrogens with zero attached hydrogens (tertiary/aromatic N) is 1. The van der Waals surface area contributed by atoms with E-state index in [4.69, 9.17) is 0 Å². The zero-order valence-electron chi connectivity index (χ0n) is 16.5. The lowest BCUT2D eigenvalue weighted by atomic mass is 9.95. The van der Waals surface area contributed by atoms with E-state index in [0.717, 1.165) is 27.8 Å². The average molecular weight is 412 g/mol. The second-order valence-electron chi connectivity index (χ2n) is 7.44. The topological polar surface area (TPSA) is 107 Å². The molecule has 154 valence electrons. The van der Waals surface area contributed by atoms with Crippen molar-refractivity contribution in [3.63, 3.8) is 0 Å². The minimum atomic E-state index is -1.11. The average Bonchev–Trinajstić information content (AvgIpc) is 3.35. The molecule has 0 saturated carbocycles. The molecule has 7 nitrogen and oxygen atoms in total. The highest BCUT2D eigenvalue weighted by Gasteiger charge is 2.35. The van der Waals surface area contributed by atoms with Gasteiger partial charge >= 0.3 is 0 Å². The number of amides is 2. The Bertz CT molecular complexity index is 1220. The Kier molecular flexibility index (Phi) is 4.72. The van der Waals surface area contributed by atoms with Crippen LogP contribution in [0.4, 0.5) is 5.95 Å². The quantitative estimate of drug-likeness (QED) is 0.404. The summed E-state index contributed by atoms with van der Waals surface area (Å²) >= 11 is 0. The molecule has 1 atom stereocenters. The molecule has 0 bridgehead atoms. The number of H-pyrrole nitrogens is 1. The van der Waals surface area contributed by atoms with Gasteiger partial charge in [-0.05, 0) is 34.4 Å². The Hall–Kier alpha value is -3.97. The van der Waals surface area contributed by atoms with E-state index in [-0.39, 0.29) is 11.9 Å². The van der Waals surface area contributed by atoms with Crippen molar-refractivity contribution in [1.82, 2.24) is 15.3 Å². The lowest BCUT2D eigenvalue weighted by Gasteiger charge is -2.19. The molecule has 0 saturated heterocycles. The maximum absolute atomic E-state index is 13.2. The van der Waals surface area contributed by atoms with Gasteiger partial charge in [-0.15, -0.1) is 0 Å². The first-order valence-electron chi connectivity index (χ1n) is 10.0. The van der Waals surface area contributed by atoms with Gasteiger partial charge < -0.3 is 15.4 Å². The van der Waals surface area contributed by atoms with E-state index in [1.807, 2.05) is 72.8 Å². The van der Waals surface area contributed by atoms with Crippen LogP contribution in [0.15, 0.2) is 72.8 Å². The third kappa shape index (κ3) is 3.35. The summed E-state index contributed by atoms with van der Waals surface area (Å²) in [5, 5.41) is 15.1. The Morgan fingerprint density at radius 3 is 2.19 bits per heavy atom. The number of hydrogen-bond acceptors (Lipinski definition) is 4. The van der Waals surface area contributed by atoms with Crippen LogP contribution >= 0.6 is 0 Å². The highest BCUT2D eigenvalue weighted by Crippen LogP contribution is 2.44. The Morgan fingerprint density at radius 2 is 1.55 bits per heavy atom. The predicted octanol–water partition coefficient (Wildman–Crippen LogP) is 2.79. The highest BCUT2D eigenvalue weighted by molar-refractivity contribution is 6.01. The van der Waals surface area contributed by atoms with Gasteiger partial charge in [-0.2, -0.15) is 0 Å². The van der Waals surface area contributed by atoms with E-state index in [2.05, 4.69) is 20.6 Å². The number of carbonyl (C=O) groups excluding carboxylic acids is 2. The molecule has 31 heavy (non-hydrogen) atoms. The summed E-state index contributed by atoms with van der Waals surface area (Å²) < 4.78 is 0. The van der Waals surface area contributed by atoms with Crippen LogP contribution in [0.25, 0.3) is 22.2 Å². The monoisotopic (exact) mass is 412 g/mol. The SMILES string of the molecule is O=C(Nc1nc2ccccc2[nH]1)C(CO)NC(=O)C1c2ccccc2-c2ccccc21. The van der Waals surface area contributed by atoms with Crippen LogP contribution < -0.4 is 10.6 Å². The van der Waals surface area contributed by atoms with Crippen LogP contribution in [0.2, 0.25) is 0 Å². The molecule has 1 unspecified atom stereocenters. The number of fused-ring (bicyclic) bond motifs is 4. The summed E-state index contributed by atoms with van der Waals surface area (Å²) in [6, 6.07) is 21.7. The number of hydrogen-bond donors (Lipinski definition) is 4. The molecule has 1 aromatic heterocycles. The van der Waals surface area contributed by atoms with Crippen molar-refractivity contribution >= 4 is 28.8 Å². The smallest absolute Gasteiger partial charge is 0.251 e. The van der Waals surface area contributed by atoms with E-state index >= 15 is 0 Å². The highest BCUT2D eigenvalue weighted by atomic mass is 16.3. The molecule has 4 N–H and O–H groups in total. The lowest BCUT2D eigenvalue weighted by Crippen LogP contribution is -2.47. The van der Waals surface area contributed by atoms with Crippen LogP contribution in [0.5, 0.6) is 0 Å². The van der Waals surface area contributed by atoms with Gasteiger partial charge in [0.25, 0.3) is 5.91 Å². The second-order valence-corrected chi connectivity index (χ2v) is 7.44. The number of para-hydroxylation sites is 2. The minimum absolute atomic E-state index is 0.260. The summed E-state index contributed by atoms with van der Waals surface area (Å²) in [6.07, 6.45) is 0. The van der Waals surface area contributed by atoms with Crippen LogP contribution in [0.1, 0.15) is 17.0 Å². The van der Waals surface area contributed by atoms with Gasteiger partial charge in [-0.25, -0.2) is 4.98 Å². The first kappa shape index (κ1) is 19.0. The summed E-state index contributed by atoms with van der Waals surface area (Å²) in [5.74, 6) is -1.17. The fourth-order valence-electron chi connectivity index (χ4n) is 4.10. The first-order chi connectivity index (χ1) is 15.2. The van der Waals surface area contributed by atoms with Crippen molar-refractivity contribution in [2.24, 2.45) is 0 Å². The van der Waals surface area contributed by atoms with Crippen LogP contribution in [0, 0.1) is 0 Å². The van der Waals surface area contributed by atoms with Gasteiger partial charge in [0.05, 0.1) is 23.6 Å². The van der Waals surface area contributed by atoms with Gasteiger partial charge in [-0.3, -0.25) is 14.9 Å². The third-order valence-corrected chi connectivity index (χ3v) is 5.54. The first-order valence-corrected chi connectivity index (χ1v) is 10.0. The van der Waals surface area contributed by atoms with Crippen molar-refractivity contribution in [2.45, 2.75) is 12.0 Å². The van der Waals surface area contributed by atoms with Gasteiger partial charge in [0.2, 0.25) is 11.9 Å². The molecule has 0 spiro atoms. The maximum Gasteiger partial charge on any atom is 0.251 e. The standard InChI is InChI=1S/C24H20N4O3/c29-13-20(22(30)28-24-26-18-11-5-6-12-19(18)27-24)25-23(31)21-16-9-3-1-7-14(16)15-8-2-4-10-17(15)21/h1-12,20-21,29H,13H2,(H,25,31)(H2,26,27,28,30). The molecule has 0 aliphatic heterocycles. The van der Waals surface area contributed by atoms with Crippen LogP contribution in [0.3, 0.4) is 0 Å². The van der Waals surface area contributed by atoms with E-state index in [0.29, 0.717) is 5.52 Å². The number of anilines is 1. The molecular weight excluding hydrogens is 392 g/mol. The molecule has 5 rings (SSSR count). The number of aliphatic hydroxyl groups excluding tert-OH is 1. The number of imidazole rings is 1. The molecular formula is C24H20N4O3. The largest absolute Gasteiger partial charge is 0.394 e. The summed E-state index contributed by atoms with van der Waals surface area (Å²) in [5.41, 5.74) is 5.27. The molecule has 2 amide bonds. The van der Waals surface area contributed by atoms with Crippen LogP contribution in [-0.2, 0) is 9.59 Å². The lowest BCUT2D eigenvalue weighted by molar-refractivity contribution is -0.127. The van der Waals surface area contributed by atoms with Gasteiger partial charge in [0.1, 0.15) is 6.04 Å². The van der Waals surface area contributed by atoms with Gasteiger partial charge in [-0.1, -0.05) is 60.7 Å². The number of aromatic nitrogens is 2. The van der Waals surface area contributed by atoms with E-state index in [9.17, 15) is 14.7 Å². The fraction of sp³-hybridized carbons (Fsp3) is 0.125. The maximum atomic E-state index is 13.2. The summed E-state index contributed by atoms with van der Waals surface area (Å²) in [6.45, 7) is -0.534. The normalized spacial score (nSPS) is 13.5. The number of aromatic amines is 1. The van der Waals surface area contributed by atoms with E-state index in [1.165, 1.54) is 0 Å². The molecule has 1 aliphatic carbocycles. The van der Waals surface area contributed by atoms with Crippen molar-refractivity contribution in [2.75, 3.05) is 11.9 Å². The zero-order chi connectivity index (χ0) is 21.4. The molecule has 0 radical (unpaired) electrons. The van der Waals surface area contributed by atoms with E-state index < -0.39 is 24.5 Å². The number of nitrogens with one attached hydrogen (secondary N) is 3. The van der Waals surface area contributed by atoms with Crippen molar-refractivity contribution in [3.8, 4) is 11.1 Å². The number of carbonyl (C=O) groups is 2. The molecule has 1 heterocycles.